The van der Waals surface area contributed by atoms with Crippen LogP contribution < -0.4 is 4.74 Å². The number of aryl methyl sites for hydroxylation is 1. The van der Waals surface area contributed by atoms with Crippen LogP contribution in [0.25, 0.3) is 11.4 Å². The lowest BCUT2D eigenvalue weighted by atomic mass is 10.2. The van der Waals surface area contributed by atoms with E-state index in [0.717, 1.165) is 5.56 Å². The minimum Gasteiger partial charge on any atom is -0.476 e. The van der Waals surface area contributed by atoms with Gasteiger partial charge in [-0.05, 0) is 26.0 Å². The highest BCUT2D eigenvalue weighted by molar-refractivity contribution is 7.98. The topological polar surface area (TPSA) is 67.0 Å². The number of aromatic nitrogens is 5. The van der Waals surface area contributed by atoms with E-state index in [9.17, 15) is 4.39 Å². The van der Waals surface area contributed by atoms with Crippen LogP contribution in [0.5, 0.6) is 5.88 Å². The molecule has 1 aromatic carbocycles. The third-order valence-electron chi connectivity index (χ3n) is 4.22. The summed E-state index contributed by atoms with van der Waals surface area (Å²) in [6.45, 7) is 6.12. The van der Waals surface area contributed by atoms with Crippen LogP contribution in [0.4, 0.5) is 4.39 Å². The first-order valence-corrected chi connectivity index (χ1v) is 10.6. The molecule has 0 atom stereocenters. The standard InChI is InChI=1S/C19H23ClFN5O2S/c1-4-25-11-13(18(24-25)28-5-2)17-22-23-19(26(17)9-10-27-3)29-12-14-15(20)7-6-8-16(14)21/h6-8,11H,4-5,9-10,12H2,1-3H3. The molecule has 0 spiro atoms. The summed E-state index contributed by atoms with van der Waals surface area (Å²) in [5, 5.41) is 14.2. The molecule has 0 aliphatic heterocycles. The summed E-state index contributed by atoms with van der Waals surface area (Å²) >= 11 is 7.52. The van der Waals surface area contributed by atoms with Crippen molar-refractivity contribution in [2.75, 3.05) is 20.3 Å². The molecule has 0 saturated heterocycles. The van der Waals surface area contributed by atoms with Gasteiger partial charge in [0, 0.05) is 36.2 Å². The smallest absolute Gasteiger partial charge is 0.243 e. The zero-order valence-corrected chi connectivity index (χ0v) is 18.1. The van der Waals surface area contributed by atoms with Crippen LogP contribution in [0.3, 0.4) is 0 Å². The second-order valence-electron chi connectivity index (χ2n) is 6.08. The van der Waals surface area contributed by atoms with Crippen LogP contribution in [-0.4, -0.2) is 44.9 Å². The molecule has 0 bridgehead atoms. The number of rotatable bonds is 10. The van der Waals surface area contributed by atoms with Gasteiger partial charge in [-0.25, -0.2) is 4.39 Å². The van der Waals surface area contributed by atoms with Crippen LogP contribution in [-0.2, 0) is 23.6 Å². The SMILES string of the molecule is CCOc1nn(CC)cc1-c1nnc(SCc2c(F)cccc2Cl)n1CCOC. The van der Waals surface area contributed by atoms with Crippen LogP contribution in [0.15, 0.2) is 29.6 Å². The van der Waals surface area contributed by atoms with E-state index in [-0.39, 0.29) is 5.82 Å². The number of hydrogen-bond donors (Lipinski definition) is 0. The van der Waals surface area contributed by atoms with E-state index < -0.39 is 0 Å². The van der Waals surface area contributed by atoms with Gasteiger partial charge >= 0.3 is 0 Å². The van der Waals surface area contributed by atoms with E-state index >= 15 is 0 Å². The number of hydrogen-bond acceptors (Lipinski definition) is 6. The minimum atomic E-state index is -0.337. The average molecular weight is 440 g/mol. The van der Waals surface area contributed by atoms with E-state index in [2.05, 4.69) is 15.3 Å². The second kappa shape index (κ2) is 10.1. The first-order valence-electron chi connectivity index (χ1n) is 9.27. The number of halogens is 2. The van der Waals surface area contributed by atoms with Gasteiger partial charge in [0.25, 0.3) is 0 Å². The quantitative estimate of drug-likeness (QED) is 0.439. The molecule has 2 aromatic heterocycles. The van der Waals surface area contributed by atoms with E-state index in [0.29, 0.717) is 59.5 Å². The molecule has 0 aliphatic rings. The van der Waals surface area contributed by atoms with Crippen molar-refractivity contribution in [3.05, 3.63) is 40.8 Å². The van der Waals surface area contributed by atoms with Crippen molar-refractivity contribution in [2.24, 2.45) is 0 Å². The van der Waals surface area contributed by atoms with Crippen molar-refractivity contribution >= 4 is 23.4 Å². The summed E-state index contributed by atoms with van der Waals surface area (Å²) < 4.78 is 28.8. The number of nitrogens with zero attached hydrogens (tertiary/aromatic N) is 5. The summed E-state index contributed by atoms with van der Waals surface area (Å²) in [5.74, 6) is 1.14. The highest BCUT2D eigenvalue weighted by atomic mass is 35.5. The van der Waals surface area contributed by atoms with Gasteiger partial charge in [0.05, 0.1) is 19.8 Å². The van der Waals surface area contributed by atoms with Crippen LogP contribution in [0.1, 0.15) is 19.4 Å². The molecule has 29 heavy (non-hydrogen) atoms. The molecule has 0 N–H and O–H groups in total. The summed E-state index contributed by atoms with van der Waals surface area (Å²) in [7, 11) is 1.64. The van der Waals surface area contributed by atoms with Gasteiger partial charge in [-0.2, -0.15) is 0 Å². The van der Waals surface area contributed by atoms with Crippen molar-refractivity contribution in [2.45, 2.75) is 37.8 Å². The molecule has 0 aliphatic carbocycles. The Bertz CT molecular complexity index is 942. The zero-order chi connectivity index (χ0) is 20.8. The van der Waals surface area contributed by atoms with Gasteiger partial charge in [-0.1, -0.05) is 29.4 Å². The Morgan fingerprint density at radius 2 is 2.07 bits per heavy atom. The molecule has 0 unspecified atom stereocenters. The van der Waals surface area contributed by atoms with Gasteiger partial charge in [0.2, 0.25) is 5.88 Å². The molecular weight excluding hydrogens is 417 g/mol. The third kappa shape index (κ3) is 4.91. The van der Waals surface area contributed by atoms with Crippen molar-refractivity contribution in [3.8, 4) is 17.3 Å². The highest BCUT2D eigenvalue weighted by Gasteiger charge is 2.21. The van der Waals surface area contributed by atoms with Gasteiger partial charge in [-0.3, -0.25) is 9.25 Å². The van der Waals surface area contributed by atoms with Crippen LogP contribution >= 0.6 is 23.4 Å². The van der Waals surface area contributed by atoms with Crippen LogP contribution in [0.2, 0.25) is 5.02 Å². The Kier molecular flexibility index (Phi) is 7.51. The summed E-state index contributed by atoms with van der Waals surface area (Å²) in [6, 6.07) is 4.66. The largest absolute Gasteiger partial charge is 0.476 e. The maximum Gasteiger partial charge on any atom is 0.243 e. The van der Waals surface area contributed by atoms with Crippen molar-refractivity contribution in [3.63, 3.8) is 0 Å². The predicted molar refractivity (Wildman–Crippen MR) is 111 cm³/mol. The number of benzene rings is 1. The van der Waals surface area contributed by atoms with Gasteiger partial charge < -0.3 is 9.47 Å². The van der Waals surface area contributed by atoms with Gasteiger partial charge in [0.1, 0.15) is 11.4 Å². The molecule has 2 heterocycles. The molecule has 0 fully saturated rings. The maximum atomic E-state index is 14.1. The first kappa shape index (κ1) is 21.6. The monoisotopic (exact) mass is 439 g/mol. The van der Waals surface area contributed by atoms with Crippen molar-refractivity contribution < 1.29 is 13.9 Å². The maximum absolute atomic E-state index is 14.1. The Hall–Kier alpha value is -2.10. The number of methoxy groups -OCH3 is 1. The normalized spacial score (nSPS) is 11.2. The molecular formula is C19H23ClFN5O2S. The summed E-state index contributed by atoms with van der Waals surface area (Å²) in [6.07, 6.45) is 1.89. The van der Waals surface area contributed by atoms with Crippen molar-refractivity contribution in [1.82, 2.24) is 24.5 Å². The Morgan fingerprint density at radius 3 is 2.76 bits per heavy atom. The highest BCUT2D eigenvalue weighted by Crippen LogP contribution is 2.33. The second-order valence-corrected chi connectivity index (χ2v) is 7.43. The minimum absolute atomic E-state index is 0.336. The molecule has 0 amide bonds. The first-order chi connectivity index (χ1) is 14.1. The molecule has 3 aromatic rings. The lowest BCUT2D eigenvalue weighted by Gasteiger charge is -2.10. The number of thioether (sulfide) groups is 1. The lowest BCUT2D eigenvalue weighted by Crippen LogP contribution is -2.08. The van der Waals surface area contributed by atoms with Gasteiger partial charge in [0.15, 0.2) is 11.0 Å². The molecule has 7 nitrogen and oxygen atoms in total. The molecule has 3 rings (SSSR count). The van der Waals surface area contributed by atoms with E-state index in [1.807, 2.05) is 24.6 Å². The van der Waals surface area contributed by atoms with Gasteiger partial charge in [-0.15, -0.1) is 15.3 Å². The molecule has 0 radical (unpaired) electrons. The molecule has 0 saturated carbocycles. The lowest BCUT2D eigenvalue weighted by molar-refractivity contribution is 0.185. The molecule has 10 heteroatoms. The average Bonchev–Trinajstić information content (AvgIpc) is 3.29. The van der Waals surface area contributed by atoms with E-state index in [1.165, 1.54) is 17.8 Å². The fraction of sp³-hybridized carbons (Fsp3) is 0.421. The van der Waals surface area contributed by atoms with Crippen LogP contribution in [0, 0.1) is 5.82 Å². The van der Waals surface area contributed by atoms with E-state index in [1.54, 1.807) is 23.9 Å². The fourth-order valence-corrected chi connectivity index (χ4v) is 4.06. The zero-order valence-electron chi connectivity index (χ0n) is 16.6. The Balaban J connectivity index is 1.94. The Labute approximate surface area is 178 Å². The summed E-state index contributed by atoms with van der Waals surface area (Å²) in [5.41, 5.74) is 1.20. The Morgan fingerprint density at radius 1 is 1.24 bits per heavy atom. The molecule has 156 valence electrons. The summed E-state index contributed by atoms with van der Waals surface area (Å²) in [4.78, 5) is 0. The fourth-order valence-electron chi connectivity index (χ4n) is 2.75. The van der Waals surface area contributed by atoms with Crippen molar-refractivity contribution in [1.29, 1.82) is 0 Å². The predicted octanol–water partition coefficient (Wildman–Crippen LogP) is 4.29. The van der Waals surface area contributed by atoms with E-state index in [4.69, 9.17) is 21.1 Å². The third-order valence-corrected chi connectivity index (χ3v) is 5.56. The number of ether oxygens (including phenoxy) is 2.